The maximum atomic E-state index is 9.58. The van der Waals surface area contributed by atoms with Crippen molar-refractivity contribution in [2.24, 2.45) is 0 Å². The fourth-order valence-corrected chi connectivity index (χ4v) is 3.83. The highest BCUT2D eigenvalue weighted by Crippen LogP contribution is 2.21. The molecule has 0 spiro atoms. The maximum absolute atomic E-state index is 9.58. The van der Waals surface area contributed by atoms with Crippen molar-refractivity contribution in [3.8, 4) is 12.1 Å². The Morgan fingerprint density at radius 1 is 0.806 bits per heavy atom. The van der Waals surface area contributed by atoms with Crippen LogP contribution in [0.3, 0.4) is 0 Å². The Morgan fingerprint density at radius 3 is 2.03 bits per heavy atom. The van der Waals surface area contributed by atoms with Crippen molar-refractivity contribution < 1.29 is 0 Å². The van der Waals surface area contributed by atoms with Crippen LogP contribution in [-0.4, -0.2) is 75.1 Å². The van der Waals surface area contributed by atoms with Crippen LogP contribution in [-0.2, 0) is 13.1 Å². The van der Waals surface area contributed by atoms with Crippen molar-refractivity contribution in [1.82, 2.24) is 14.7 Å². The standard InChI is InChI=1S/C25H32N6/c1-28(2)10-11-29(3)25-9-8-23(18-27)24(16-25)20-31-14-12-30(13-15-31)19-22-6-4-21(17-26)5-7-22/h4-9,16H,10-15,19-20H2,1-3H3. The normalized spacial score (nSPS) is 14.9. The second-order valence-electron chi connectivity index (χ2n) is 8.54. The molecule has 6 nitrogen and oxygen atoms in total. The van der Waals surface area contributed by atoms with Crippen LogP contribution in [0.2, 0.25) is 0 Å². The summed E-state index contributed by atoms with van der Waals surface area (Å²) in [7, 11) is 6.27. The Morgan fingerprint density at radius 2 is 1.45 bits per heavy atom. The van der Waals surface area contributed by atoms with Gasteiger partial charge in [0.05, 0.1) is 23.3 Å². The summed E-state index contributed by atoms with van der Waals surface area (Å²) in [5, 5.41) is 18.5. The van der Waals surface area contributed by atoms with E-state index in [1.165, 1.54) is 5.56 Å². The molecule has 2 aromatic rings. The number of benzene rings is 2. The molecule has 0 saturated carbocycles. The number of piperazine rings is 1. The molecule has 2 aromatic carbocycles. The van der Waals surface area contributed by atoms with Crippen molar-refractivity contribution >= 4 is 5.69 Å². The van der Waals surface area contributed by atoms with Gasteiger partial charge in [-0.3, -0.25) is 9.80 Å². The number of nitriles is 2. The average Bonchev–Trinajstić information content (AvgIpc) is 2.79. The van der Waals surface area contributed by atoms with Gasteiger partial charge in [-0.1, -0.05) is 12.1 Å². The molecule has 0 aromatic heterocycles. The monoisotopic (exact) mass is 416 g/mol. The summed E-state index contributed by atoms with van der Waals surface area (Å²) in [6, 6.07) is 18.6. The molecule has 1 saturated heterocycles. The number of nitrogens with zero attached hydrogens (tertiary/aromatic N) is 6. The van der Waals surface area contributed by atoms with Gasteiger partial charge in [-0.2, -0.15) is 10.5 Å². The Bertz CT molecular complexity index is 930. The van der Waals surface area contributed by atoms with Gasteiger partial charge in [-0.05, 0) is 55.6 Å². The van der Waals surface area contributed by atoms with Gasteiger partial charge in [0.1, 0.15) is 0 Å². The van der Waals surface area contributed by atoms with Gasteiger partial charge in [0.2, 0.25) is 0 Å². The molecular formula is C25H32N6. The predicted octanol–water partition coefficient (Wildman–Crippen LogP) is 2.75. The molecule has 162 valence electrons. The summed E-state index contributed by atoms with van der Waals surface area (Å²) >= 11 is 0. The van der Waals surface area contributed by atoms with E-state index < -0.39 is 0 Å². The van der Waals surface area contributed by atoms with Crippen LogP contribution in [0.5, 0.6) is 0 Å². The zero-order valence-electron chi connectivity index (χ0n) is 18.9. The lowest BCUT2D eigenvalue weighted by molar-refractivity contribution is 0.122. The van der Waals surface area contributed by atoms with Crippen molar-refractivity contribution in [2.45, 2.75) is 13.1 Å². The third kappa shape index (κ3) is 6.54. The Kier molecular flexibility index (Phi) is 8.03. The maximum Gasteiger partial charge on any atom is 0.0995 e. The van der Waals surface area contributed by atoms with Crippen LogP contribution in [0.4, 0.5) is 5.69 Å². The molecule has 31 heavy (non-hydrogen) atoms. The zero-order chi connectivity index (χ0) is 22.2. The molecule has 6 heteroatoms. The number of hydrogen-bond acceptors (Lipinski definition) is 6. The van der Waals surface area contributed by atoms with Gasteiger partial charge in [0, 0.05) is 65.1 Å². The van der Waals surface area contributed by atoms with Crippen LogP contribution >= 0.6 is 0 Å². The van der Waals surface area contributed by atoms with E-state index in [1.54, 1.807) is 0 Å². The fraction of sp³-hybridized carbons (Fsp3) is 0.440. The number of rotatable bonds is 8. The SMILES string of the molecule is CN(C)CCN(C)c1ccc(C#N)c(CN2CCN(Cc3ccc(C#N)cc3)CC2)c1. The molecule has 0 unspecified atom stereocenters. The second kappa shape index (κ2) is 10.9. The third-order valence-electron chi connectivity index (χ3n) is 5.88. The molecule has 1 heterocycles. The van der Waals surface area contributed by atoms with Crippen LogP contribution in [0.25, 0.3) is 0 Å². The minimum Gasteiger partial charge on any atom is -0.373 e. The summed E-state index contributed by atoms with van der Waals surface area (Å²) in [5.74, 6) is 0. The fourth-order valence-electron chi connectivity index (χ4n) is 3.83. The average molecular weight is 417 g/mol. The molecule has 1 aliphatic heterocycles. The summed E-state index contributed by atoms with van der Waals surface area (Å²) in [6.07, 6.45) is 0. The van der Waals surface area contributed by atoms with Gasteiger partial charge in [-0.25, -0.2) is 0 Å². The lowest BCUT2D eigenvalue weighted by Crippen LogP contribution is -2.45. The first kappa shape index (κ1) is 22.8. The Labute approximate surface area is 186 Å². The highest BCUT2D eigenvalue weighted by molar-refractivity contribution is 5.53. The highest BCUT2D eigenvalue weighted by Gasteiger charge is 2.19. The topological polar surface area (TPSA) is 60.5 Å². The van der Waals surface area contributed by atoms with Crippen LogP contribution < -0.4 is 4.90 Å². The Hall–Kier alpha value is -2.90. The van der Waals surface area contributed by atoms with E-state index in [0.717, 1.165) is 69.2 Å². The Balaban J connectivity index is 1.57. The zero-order valence-corrected chi connectivity index (χ0v) is 18.9. The quantitative estimate of drug-likeness (QED) is 0.660. The third-order valence-corrected chi connectivity index (χ3v) is 5.88. The van der Waals surface area contributed by atoms with Gasteiger partial charge in [-0.15, -0.1) is 0 Å². The van der Waals surface area contributed by atoms with Crippen LogP contribution in [0.15, 0.2) is 42.5 Å². The van der Waals surface area contributed by atoms with Gasteiger partial charge in [0.25, 0.3) is 0 Å². The van der Waals surface area contributed by atoms with Crippen molar-refractivity contribution in [3.05, 3.63) is 64.7 Å². The van der Waals surface area contributed by atoms with E-state index in [2.05, 4.69) is 58.9 Å². The van der Waals surface area contributed by atoms with Gasteiger partial charge < -0.3 is 9.80 Å². The number of likely N-dealkylation sites (N-methyl/N-ethyl adjacent to an activating group) is 2. The number of anilines is 1. The molecule has 1 aliphatic rings. The molecule has 0 amide bonds. The lowest BCUT2D eigenvalue weighted by atomic mass is 10.1. The van der Waals surface area contributed by atoms with E-state index in [9.17, 15) is 5.26 Å². The summed E-state index contributed by atoms with van der Waals surface area (Å²) in [6.45, 7) is 7.65. The first-order valence-corrected chi connectivity index (χ1v) is 10.8. The summed E-state index contributed by atoms with van der Waals surface area (Å²) in [5.41, 5.74) is 4.99. The van der Waals surface area contributed by atoms with Crippen molar-refractivity contribution in [2.75, 3.05) is 65.3 Å². The smallest absolute Gasteiger partial charge is 0.0995 e. The predicted molar refractivity (Wildman–Crippen MR) is 125 cm³/mol. The number of hydrogen-bond donors (Lipinski definition) is 0. The molecule has 0 atom stereocenters. The van der Waals surface area contributed by atoms with E-state index in [1.807, 2.05) is 36.4 Å². The molecule has 0 bridgehead atoms. The first-order chi connectivity index (χ1) is 15.0. The van der Waals surface area contributed by atoms with Crippen LogP contribution in [0, 0.1) is 22.7 Å². The van der Waals surface area contributed by atoms with Crippen LogP contribution in [0.1, 0.15) is 22.3 Å². The molecule has 3 rings (SSSR count). The minimum atomic E-state index is 0.705. The molecule has 0 N–H and O–H groups in total. The van der Waals surface area contributed by atoms with E-state index in [-0.39, 0.29) is 0 Å². The molecule has 0 aliphatic carbocycles. The second-order valence-corrected chi connectivity index (χ2v) is 8.54. The van der Waals surface area contributed by atoms with Gasteiger partial charge in [0.15, 0.2) is 0 Å². The molecular weight excluding hydrogens is 384 g/mol. The highest BCUT2D eigenvalue weighted by atomic mass is 15.3. The molecule has 1 fully saturated rings. The van der Waals surface area contributed by atoms with E-state index in [4.69, 9.17) is 5.26 Å². The van der Waals surface area contributed by atoms with Gasteiger partial charge >= 0.3 is 0 Å². The summed E-state index contributed by atoms with van der Waals surface area (Å²) in [4.78, 5) is 9.32. The van der Waals surface area contributed by atoms with Crippen molar-refractivity contribution in [3.63, 3.8) is 0 Å². The first-order valence-electron chi connectivity index (χ1n) is 10.8. The van der Waals surface area contributed by atoms with Crippen molar-refractivity contribution in [1.29, 1.82) is 10.5 Å². The molecule has 0 radical (unpaired) electrons. The van der Waals surface area contributed by atoms with E-state index >= 15 is 0 Å². The minimum absolute atomic E-state index is 0.705. The van der Waals surface area contributed by atoms with E-state index in [0.29, 0.717) is 5.56 Å². The lowest BCUT2D eigenvalue weighted by Gasteiger charge is -2.35. The largest absolute Gasteiger partial charge is 0.373 e. The summed E-state index contributed by atoms with van der Waals surface area (Å²) < 4.78 is 0.